The molecule has 104 valence electrons. The molecule has 6 heteroatoms. The van der Waals surface area contributed by atoms with Gasteiger partial charge in [0.2, 0.25) is 0 Å². The van der Waals surface area contributed by atoms with Gasteiger partial charge in [-0.3, -0.25) is 0 Å². The summed E-state index contributed by atoms with van der Waals surface area (Å²) in [5, 5.41) is 1.35. The molecule has 2 unspecified atom stereocenters. The van der Waals surface area contributed by atoms with Gasteiger partial charge in [-0.05, 0) is 17.9 Å². The van der Waals surface area contributed by atoms with Crippen molar-refractivity contribution in [3.8, 4) is 0 Å². The van der Waals surface area contributed by atoms with Crippen LogP contribution in [0.4, 0.5) is 0 Å². The molecule has 0 heterocycles. The SMILES string of the molecule is CCCSCC(CS)SCC(CS)SCCS. The third-order valence-corrected chi connectivity index (χ3v) is 8.33. The first-order chi connectivity index (χ1) is 8.28. The van der Waals surface area contributed by atoms with Crippen LogP contribution >= 0.6 is 73.2 Å². The van der Waals surface area contributed by atoms with E-state index in [9.17, 15) is 0 Å². The van der Waals surface area contributed by atoms with Gasteiger partial charge in [-0.2, -0.15) is 73.2 Å². The van der Waals surface area contributed by atoms with E-state index in [1.165, 1.54) is 23.7 Å². The Hall–Kier alpha value is 2.10. The van der Waals surface area contributed by atoms with Crippen molar-refractivity contribution < 1.29 is 0 Å². The van der Waals surface area contributed by atoms with E-state index in [0.717, 1.165) is 23.0 Å². The van der Waals surface area contributed by atoms with E-state index in [-0.39, 0.29) is 0 Å². The maximum atomic E-state index is 4.45. The second-order valence-corrected chi connectivity index (χ2v) is 8.68. The fourth-order valence-corrected chi connectivity index (χ4v) is 6.07. The lowest BCUT2D eigenvalue weighted by molar-refractivity contribution is 1.08. The summed E-state index contributed by atoms with van der Waals surface area (Å²) in [6, 6.07) is 0. The van der Waals surface area contributed by atoms with Gasteiger partial charge in [-0.1, -0.05) is 6.92 Å². The van der Waals surface area contributed by atoms with E-state index >= 15 is 0 Å². The molecule has 0 aromatic heterocycles. The zero-order valence-corrected chi connectivity index (χ0v) is 15.5. The van der Waals surface area contributed by atoms with Crippen LogP contribution in [0.5, 0.6) is 0 Å². The van der Waals surface area contributed by atoms with Crippen molar-refractivity contribution in [2.24, 2.45) is 0 Å². The Morgan fingerprint density at radius 3 is 2.06 bits per heavy atom. The zero-order valence-electron chi connectivity index (χ0n) is 10.4. The van der Waals surface area contributed by atoms with E-state index in [1.807, 2.05) is 11.8 Å². The van der Waals surface area contributed by atoms with Crippen LogP contribution in [0.15, 0.2) is 0 Å². The monoisotopic (exact) mass is 348 g/mol. The molecule has 0 nitrogen and oxygen atoms in total. The first-order valence-electron chi connectivity index (χ1n) is 5.91. The molecule has 0 aliphatic heterocycles. The quantitative estimate of drug-likeness (QED) is 0.359. The number of hydrogen-bond acceptors (Lipinski definition) is 6. The van der Waals surface area contributed by atoms with Crippen LogP contribution in [0.3, 0.4) is 0 Å². The van der Waals surface area contributed by atoms with Crippen molar-refractivity contribution in [3.05, 3.63) is 0 Å². The van der Waals surface area contributed by atoms with E-state index in [2.05, 4.69) is 68.3 Å². The summed E-state index contributed by atoms with van der Waals surface area (Å²) in [7, 11) is 0. The topological polar surface area (TPSA) is 0 Å². The van der Waals surface area contributed by atoms with Crippen LogP contribution in [0.1, 0.15) is 13.3 Å². The van der Waals surface area contributed by atoms with Crippen molar-refractivity contribution >= 4 is 73.2 Å². The molecule has 0 aromatic carbocycles. The molecule has 0 amide bonds. The summed E-state index contributed by atoms with van der Waals surface area (Å²) >= 11 is 19.2. The highest BCUT2D eigenvalue weighted by molar-refractivity contribution is 8.06. The highest BCUT2D eigenvalue weighted by atomic mass is 32.2. The van der Waals surface area contributed by atoms with Crippen LogP contribution in [-0.2, 0) is 0 Å². The van der Waals surface area contributed by atoms with Crippen LogP contribution in [0.2, 0.25) is 0 Å². The van der Waals surface area contributed by atoms with Crippen molar-refractivity contribution in [2.45, 2.75) is 23.8 Å². The highest BCUT2D eigenvalue weighted by Crippen LogP contribution is 2.24. The van der Waals surface area contributed by atoms with E-state index < -0.39 is 0 Å². The zero-order chi connectivity index (χ0) is 12.9. The molecule has 0 N–H and O–H groups in total. The Morgan fingerprint density at radius 2 is 1.53 bits per heavy atom. The van der Waals surface area contributed by atoms with E-state index in [4.69, 9.17) is 0 Å². The van der Waals surface area contributed by atoms with Gasteiger partial charge in [0.25, 0.3) is 0 Å². The predicted octanol–water partition coefficient (Wildman–Crippen LogP) is 4.12. The minimum absolute atomic E-state index is 0.661. The van der Waals surface area contributed by atoms with Gasteiger partial charge >= 0.3 is 0 Å². The summed E-state index contributed by atoms with van der Waals surface area (Å²) in [6.45, 7) is 2.24. The molecule has 0 rings (SSSR count). The Bertz CT molecular complexity index is 155. The fourth-order valence-electron chi connectivity index (χ4n) is 1.13. The maximum Gasteiger partial charge on any atom is 0.0226 e. The molecule has 0 spiro atoms. The van der Waals surface area contributed by atoms with Crippen molar-refractivity contribution in [1.82, 2.24) is 0 Å². The van der Waals surface area contributed by atoms with Gasteiger partial charge in [0.05, 0.1) is 0 Å². The normalized spacial score (nSPS) is 14.8. The number of hydrogen-bond donors (Lipinski definition) is 3. The molecule has 0 aromatic rings. The third-order valence-electron chi connectivity index (χ3n) is 2.02. The lowest BCUT2D eigenvalue weighted by Gasteiger charge is -2.18. The molecule has 0 radical (unpaired) electrons. The number of thioether (sulfide) groups is 3. The molecule has 0 saturated carbocycles. The standard InChI is InChI=1S/C11H24S6/c1-2-4-15-8-10(6-13)17-9-11(7-14)16-5-3-12/h10-14H,2-9H2,1H3. The summed E-state index contributed by atoms with van der Waals surface area (Å²) < 4.78 is 0. The Balaban J connectivity index is 3.69. The van der Waals surface area contributed by atoms with Gasteiger partial charge in [0.15, 0.2) is 0 Å². The minimum atomic E-state index is 0.661. The summed E-state index contributed by atoms with van der Waals surface area (Å²) in [6.07, 6.45) is 1.27. The molecule has 0 saturated heterocycles. The molecule has 17 heavy (non-hydrogen) atoms. The lowest BCUT2D eigenvalue weighted by atomic mass is 10.5. The van der Waals surface area contributed by atoms with Crippen LogP contribution in [0.25, 0.3) is 0 Å². The van der Waals surface area contributed by atoms with Gasteiger partial charge in [-0.15, -0.1) is 0 Å². The van der Waals surface area contributed by atoms with Gasteiger partial charge in [0, 0.05) is 39.3 Å². The second-order valence-electron chi connectivity index (χ2n) is 3.61. The largest absolute Gasteiger partial charge is 0.179 e. The van der Waals surface area contributed by atoms with Crippen LogP contribution in [-0.4, -0.2) is 50.8 Å². The van der Waals surface area contributed by atoms with E-state index in [1.54, 1.807) is 0 Å². The van der Waals surface area contributed by atoms with Crippen molar-refractivity contribution in [2.75, 3.05) is 40.3 Å². The molecule has 0 bridgehead atoms. The summed E-state index contributed by atoms with van der Waals surface area (Å²) in [5.41, 5.74) is 0. The van der Waals surface area contributed by atoms with Crippen molar-refractivity contribution in [3.63, 3.8) is 0 Å². The van der Waals surface area contributed by atoms with Gasteiger partial charge in [0.1, 0.15) is 0 Å². The molecule has 0 fully saturated rings. The Kier molecular flexibility index (Phi) is 16.3. The molecule has 0 aliphatic rings. The average Bonchev–Trinajstić information content (AvgIpc) is 2.36. The minimum Gasteiger partial charge on any atom is -0.179 e. The number of rotatable bonds is 12. The van der Waals surface area contributed by atoms with E-state index in [0.29, 0.717) is 10.5 Å². The predicted molar refractivity (Wildman–Crippen MR) is 102 cm³/mol. The third kappa shape index (κ3) is 11.6. The van der Waals surface area contributed by atoms with Gasteiger partial charge in [-0.25, -0.2) is 0 Å². The van der Waals surface area contributed by atoms with Crippen molar-refractivity contribution in [1.29, 1.82) is 0 Å². The second kappa shape index (κ2) is 14.5. The molecular weight excluding hydrogens is 325 g/mol. The summed E-state index contributed by atoms with van der Waals surface area (Å²) in [4.78, 5) is 0. The smallest absolute Gasteiger partial charge is 0.0226 e. The summed E-state index contributed by atoms with van der Waals surface area (Å²) in [5.74, 6) is 7.74. The lowest BCUT2D eigenvalue weighted by Crippen LogP contribution is -2.16. The fraction of sp³-hybridized carbons (Fsp3) is 1.00. The van der Waals surface area contributed by atoms with Gasteiger partial charge < -0.3 is 0 Å². The van der Waals surface area contributed by atoms with Crippen LogP contribution in [0, 0.1) is 0 Å². The average molecular weight is 349 g/mol. The Morgan fingerprint density at radius 1 is 0.882 bits per heavy atom. The first-order valence-corrected chi connectivity index (χ1v) is 11.1. The molecule has 2 atom stereocenters. The highest BCUT2D eigenvalue weighted by Gasteiger charge is 2.12. The van der Waals surface area contributed by atoms with Crippen LogP contribution < -0.4 is 0 Å². The molecule has 0 aliphatic carbocycles. The Labute approximate surface area is 136 Å². The number of thiol groups is 3. The first kappa shape index (κ1) is 19.1. The molecular formula is C11H24S6. The maximum absolute atomic E-state index is 4.45.